The molecule has 17 nitrogen and oxygen atoms in total. The third kappa shape index (κ3) is 72.6. The van der Waals surface area contributed by atoms with E-state index in [-0.39, 0.29) is 25.7 Å². The van der Waals surface area contributed by atoms with Crippen molar-refractivity contribution in [1.29, 1.82) is 0 Å². The van der Waals surface area contributed by atoms with Crippen molar-refractivity contribution in [1.82, 2.24) is 0 Å². The molecule has 0 aliphatic rings. The van der Waals surface area contributed by atoms with E-state index in [1.165, 1.54) is 96.3 Å². The molecule has 0 aliphatic carbocycles. The molecule has 100 heavy (non-hydrogen) atoms. The largest absolute Gasteiger partial charge is 0.472 e. The molecule has 0 aromatic rings. The number of ether oxygens (including phenoxy) is 4. The average Bonchev–Trinajstić information content (AvgIpc) is 0.935. The topological polar surface area (TPSA) is 237 Å². The van der Waals surface area contributed by atoms with Crippen LogP contribution in [0.15, 0.2) is 85.1 Å². The molecule has 0 saturated heterocycles. The maximum atomic E-state index is 13.1. The van der Waals surface area contributed by atoms with Gasteiger partial charge >= 0.3 is 39.5 Å². The molecular weight excluding hydrogens is 1310 g/mol. The zero-order valence-electron chi connectivity index (χ0n) is 63.4. The van der Waals surface area contributed by atoms with Gasteiger partial charge in [-0.1, -0.05) is 293 Å². The quantitative estimate of drug-likeness (QED) is 0.0169. The number of unbranched alkanes of at least 4 members (excludes halogenated alkanes) is 35. The van der Waals surface area contributed by atoms with Crippen LogP contribution in [-0.4, -0.2) is 96.7 Å². The van der Waals surface area contributed by atoms with Gasteiger partial charge in [-0.15, -0.1) is 0 Å². The Morgan fingerprint density at radius 2 is 0.540 bits per heavy atom. The van der Waals surface area contributed by atoms with Crippen LogP contribution in [0.1, 0.15) is 349 Å². The number of esters is 4. The lowest BCUT2D eigenvalue weighted by atomic mass is 10.0. The molecule has 0 spiro atoms. The second kappa shape index (κ2) is 73.5. The van der Waals surface area contributed by atoms with E-state index >= 15 is 0 Å². The Balaban J connectivity index is 5.32. The van der Waals surface area contributed by atoms with Crippen LogP contribution in [-0.2, 0) is 65.4 Å². The molecule has 0 fully saturated rings. The van der Waals surface area contributed by atoms with Crippen LogP contribution in [0, 0.1) is 0 Å². The Labute approximate surface area is 608 Å². The molecule has 3 N–H and O–H groups in total. The highest BCUT2D eigenvalue weighted by Gasteiger charge is 2.30. The Morgan fingerprint density at radius 3 is 0.860 bits per heavy atom. The predicted octanol–water partition coefficient (Wildman–Crippen LogP) is 23.0. The molecule has 0 aromatic carbocycles. The van der Waals surface area contributed by atoms with Crippen LogP contribution in [0.3, 0.4) is 0 Å². The van der Waals surface area contributed by atoms with Crippen molar-refractivity contribution in [2.75, 3.05) is 39.6 Å². The van der Waals surface area contributed by atoms with Crippen molar-refractivity contribution in [3.8, 4) is 0 Å². The summed E-state index contributed by atoms with van der Waals surface area (Å²) in [5.74, 6) is -2.19. The number of hydrogen-bond donors (Lipinski definition) is 3. The van der Waals surface area contributed by atoms with Crippen molar-refractivity contribution in [3.63, 3.8) is 0 Å². The molecule has 5 atom stereocenters. The molecule has 0 heterocycles. The first-order chi connectivity index (χ1) is 48.7. The molecule has 0 amide bonds. The van der Waals surface area contributed by atoms with Crippen LogP contribution in [0.5, 0.6) is 0 Å². The van der Waals surface area contributed by atoms with Crippen LogP contribution < -0.4 is 0 Å². The number of carbonyl (C=O) groups is 4. The SMILES string of the molecule is CC/C=C\C/C=C\C/C=C\C/C=C\CCCCCCCCC(=O)OCC(COP(=O)(O)OCC(O)COP(=O)(O)OCC(COC(=O)CCCCCCCCCCCCCCCCC)OC(=O)CCCCCCC/C=C\C/C=C\CCC)OC(=O)CCCCCCC/C=C\CCCCCC. The lowest BCUT2D eigenvalue weighted by Gasteiger charge is -2.21. The highest BCUT2D eigenvalue weighted by Crippen LogP contribution is 2.45. The van der Waals surface area contributed by atoms with Crippen molar-refractivity contribution < 1.29 is 80.2 Å². The molecule has 5 unspecified atom stereocenters. The van der Waals surface area contributed by atoms with E-state index < -0.39 is 97.5 Å². The summed E-state index contributed by atoms with van der Waals surface area (Å²) in [5.41, 5.74) is 0. The molecule has 580 valence electrons. The second-order valence-corrected chi connectivity index (χ2v) is 29.5. The van der Waals surface area contributed by atoms with E-state index in [0.29, 0.717) is 25.7 Å². The Bertz CT molecular complexity index is 2230. The molecule has 0 radical (unpaired) electrons. The molecule has 19 heteroatoms. The highest BCUT2D eigenvalue weighted by atomic mass is 31.2. The van der Waals surface area contributed by atoms with Gasteiger partial charge in [0.05, 0.1) is 26.4 Å². The number of phosphoric ester groups is 2. The highest BCUT2D eigenvalue weighted by molar-refractivity contribution is 7.47. The molecule has 0 rings (SSSR count). The number of allylic oxidation sites excluding steroid dienone is 14. The van der Waals surface area contributed by atoms with Crippen molar-refractivity contribution in [2.45, 2.75) is 367 Å². The summed E-state index contributed by atoms with van der Waals surface area (Å²) in [5, 5.41) is 10.6. The van der Waals surface area contributed by atoms with E-state index in [9.17, 15) is 43.2 Å². The van der Waals surface area contributed by atoms with Gasteiger partial charge in [0, 0.05) is 25.7 Å². The van der Waals surface area contributed by atoms with Gasteiger partial charge in [-0.25, -0.2) is 9.13 Å². The summed E-state index contributed by atoms with van der Waals surface area (Å²) < 4.78 is 68.6. The minimum absolute atomic E-state index is 0.0820. The van der Waals surface area contributed by atoms with E-state index in [4.69, 9.17) is 37.0 Å². The number of phosphoric acid groups is 2. The molecule has 0 aliphatic heterocycles. The summed E-state index contributed by atoms with van der Waals surface area (Å²) in [7, 11) is -9.95. The van der Waals surface area contributed by atoms with E-state index in [1.807, 2.05) is 0 Å². The predicted molar refractivity (Wildman–Crippen MR) is 409 cm³/mol. The van der Waals surface area contributed by atoms with Crippen molar-refractivity contribution >= 4 is 39.5 Å². The van der Waals surface area contributed by atoms with Gasteiger partial charge in [0.1, 0.15) is 19.3 Å². The van der Waals surface area contributed by atoms with Gasteiger partial charge in [-0.2, -0.15) is 0 Å². The number of rotatable bonds is 75. The van der Waals surface area contributed by atoms with E-state index in [0.717, 1.165) is 173 Å². The smallest absolute Gasteiger partial charge is 0.462 e. The van der Waals surface area contributed by atoms with Gasteiger partial charge in [-0.05, 0) is 116 Å². The first-order valence-corrected chi connectivity index (χ1v) is 42.8. The summed E-state index contributed by atoms with van der Waals surface area (Å²) in [6.07, 6.45) is 75.6. The van der Waals surface area contributed by atoms with E-state index in [2.05, 4.69) is 113 Å². The third-order valence-corrected chi connectivity index (χ3v) is 18.7. The van der Waals surface area contributed by atoms with Gasteiger partial charge in [0.25, 0.3) is 0 Å². The zero-order chi connectivity index (χ0) is 73.2. The van der Waals surface area contributed by atoms with Crippen molar-refractivity contribution in [3.05, 3.63) is 85.1 Å². The van der Waals surface area contributed by atoms with Gasteiger partial charge < -0.3 is 33.8 Å². The number of hydrogen-bond acceptors (Lipinski definition) is 15. The third-order valence-electron chi connectivity index (χ3n) is 16.8. The van der Waals surface area contributed by atoms with E-state index in [1.54, 1.807) is 0 Å². The van der Waals surface area contributed by atoms with Crippen LogP contribution in [0.2, 0.25) is 0 Å². The minimum Gasteiger partial charge on any atom is -0.462 e. The summed E-state index contributed by atoms with van der Waals surface area (Å²) in [6.45, 7) is 4.69. The first kappa shape index (κ1) is 96.2. The maximum Gasteiger partial charge on any atom is 0.472 e. The first-order valence-electron chi connectivity index (χ1n) is 39.8. The van der Waals surface area contributed by atoms with Crippen molar-refractivity contribution in [2.24, 2.45) is 0 Å². The fraction of sp³-hybridized carbons (Fsp3) is 0.778. The van der Waals surface area contributed by atoms with Gasteiger partial charge in [-0.3, -0.25) is 37.3 Å². The number of carbonyl (C=O) groups excluding carboxylic acids is 4. The standard InChI is InChI=1S/C81H144O17P2/c1-5-9-13-17-21-25-29-33-35-36-37-38-40-44-46-50-54-58-62-66-79(84)92-72-77(98-81(86)68-64-60-56-52-48-42-32-28-24-20-16-12-8-4)74-96-100(89,90)94-70-75(82)69-93-99(87,88)95-73-76(97-80(85)67-63-59-55-51-47-41-31-27-23-19-15-11-7-3)71-91-78(83)65-61-57-53-49-45-43-39-34-30-26-22-18-14-10-6-2/h9,13,15,19,21,25,27-28,31-33,35,37-38,75-77,82H,5-8,10-12,14,16-18,20,22-24,26,29-30,34,36,39-74H2,1-4H3,(H,87,88)(H,89,90)/b13-9-,19-15-,25-21-,31-27-,32-28-,35-33-,38-37-. The Kier molecular flexibility index (Phi) is 70.8. The molecular formula is C81H144O17P2. The van der Waals surface area contributed by atoms with Crippen LogP contribution >= 0.6 is 15.6 Å². The van der Waals surface area contributed by atoms with Crippen LogP contribution in [0.25, 0.3) is 0 Å². The Hall–Kier alpha value is -3.76. The summed E-state index contributed by atoms with van der Waals surface area (Å²) in [4.78, 5) is 72.9. The van der Waals surface area contributed by atoms with Gasteiger partial charge in [0.15, 0.2) is 12.2 Å². The van der Waals surface area contributed by atoms with Crippen LogP contribution in [0.4, 0.5) is 0 Å². The average molecular weight is 1450 g/mol. The molecule has 0 bridgehead atoms. The summed E-state index contributed by atoms with van der Waals surface area (Å²) >= 11 is 0. The Morgan fingerprint density at radius 1 is 0.290 bits per heavy atom. The zero-order valence-corrected chi connectivity index (χ0v) is 65.2. The lowest BCUT2D eigenvalue weighted by Crippen LogP contribution is -2.30. The lowest BCUT2D eigenvalue weighted by molar-refractivity contribution is -0.161. The molecule has 0 saturated carbocycles. The second-order valence-electron chi connectivity index (χ2n) is 26.6. The number of aliphatic hydroxyl groups is 1. The minimum atomic E-state index is -4.98. The molecule has 0 aromatic heterocycles. The number of aliphatic hydroxyl groups excluding tert-OH is 1. The normalized spacial score (nSPS) is 14.3. The van der Waals surface area contributed by atoms with Gasteiger partial charge in [0.2, 0.25) is 0 Å². The fourth-order valence-corrected chi connectivity index (χ4v) is 12.4. The summed E-state index contributed by atoms with van der Waals surface area (Å²) in [6, 6.07) is 0. The maximum absolute atomic E-state index is 13.1. The fourth-order valence-electron chi connectivity index (χ4n) is 10.8. The monoisotopic (exact) mass is 1450 g/mol.